The largest absolute Gasteiger partial charge is 0.461 e. The molecule has 0 saturated heterocycles. The minimum absolute atomic E-state index is 0.0306. The van der Waals surface area contributed by atoms with Gasteiger partial charge in [0, 0.05) is 37.6 Å². The predicted molar refractivity (Wildman–Crippen MR) is 115 cm³/mol. The Morgan fingerprint density at radius 1 is 1.12 bits per heavy atom. The van der Waals surface area contributed by atoms with E-state index in [0.29, 0.717) is 23.6 Å². The van der Waals surface area contributed by atoms with Crippen LogP contribution in [0.15, 0.2) is 48.9 Å². The molecule has 0 aliphatic carbocycles. The number of halogens is 2. The number of aryl methyl sites for hydroxylation is 1. The molecule has 1 aromatic carbocycles. The van der Waals surface area contributed by atoms with E-state index in [9.17, 15) is 13.6 Å². The number of benzene rings is 1. The highest BCUT2D eigenvalue weighted by Gasteiger charge is 2.26. The summed E-state index contributed by atoms with van der Waals surface area (Å²) in [6, 6.07) is 9.08. The van der Waals surface area contributed by atoms with Crippen LogP contribution in [0.4, 0.5) is 8.78 Å². The smallest absolute Gasteiger partial charge is 0.316 e. The molecule has 0 unspecified atom stereocenters. The Hall–Kier alpha value is -3.49. The Kier molecular flexibility index (Phi) is 7.07. The van der Waals surface area contributed by atoms with E-state index >= 15 is 0 Å². The Bertz CT molecular complexity index is 1060. The number of hydrogen-bond acceptors (Lipinski definition) is 6. The lowest BCUT2D eigenvalue weighted by atomic mass is 10.1. The molecule has 32 heavy (non-hydrogen) atoms. The van der Waals surface area contributed by atoms with Crippen molar-refractivity contribution in [2.24, 2.45) is 0 Å². The molecule has 0 aliphatic rings. The summed E-state index contributed by atoms with van der Waals surface area (Å²) in [4.78, 5) is 31.4. The van der Waals surface area contributed by atoms with Gasteiger partial charge in [-0.15, -0.1) is 0 Å². The topological polar surface area (TPSA) is 81.1 Å². The summed E-state index contributed by atoms with van der Waals surface area (Å²) >= 11 is 0. The van der Waals surface area contributed by atoms with Gasteiger partial charge >= 0.3 is 6.01 Å². The van der Waals surface area contributed by atoms with Gasteiger partial charge in [-0.25, -0.2) is 28.7 Å². The molecule has 0 fully saturated rings. The molecule has 3 aromatic rings. The molecule has 0 radical (unpaired) electrons. The van der Waals surface area contributed by atoms with Gasteiger partial charge in [0.05, 0.1) is 22.9 Å². The van der Waals surface area contributed by atoms with E-state index in [2.05, 4.69) is 19.9 Å². The van der Waals surface area contributed by atoms with Gasteiger partial charge in [-0.1, -0.05) is 30.3 Å². The third kappa shape index (κ3) is 5.40. The molecule has 0 aliphatic heterocycles. The maximum absolute atomic E-state index is 13.4. The van der Waals surface area contributed by atoms with Gasteiger partial charge in [-0.05, 0) is 20.8 Å². The number of carbonyl (C=O) groups excluding carboxylic acids is 1. The normalized spacial score (nSPS) is 12.3. The molecule has 9 heteroatoms. The summed E-state index contributed by atoms with van der Waals surface area (Å²) in [5, 5.41) is 0. The van der Waals surface area contributed by atoms with Crippen LogP contribution < -0.4 is 4.74 Å². The van der Waals surface area contributed by atoms with Crippen molar-refractivity contribution < 1.29 is 18.3 Å². The molecule has 1 atom stereocenters. The lowest BCUT2D eigenvalue weighted by Gasteiger charge is -2.28. The minimum Gasteiger partial charge on any atom is -0.461 e. The molecule has 7 nitrogen and oxygen atoms in total. The fourth-order valence-corrected chi connectivity index (χ4v) is 3.16. The van der Waals surface area contributed by atoms with Crippen LogP contribution in [0.25, 0.3) is 11.3 Å². The summed E-state index contributed by atoms with van der Waals surface area (Å²) in [6.07, 6.45) is 3.60. The summed E-state index contributed by atoms with van der Waals surface area (Å²) in [7, 11) is 0. The number of nitrogens with zero attached hydrogens (tertiary/aromatic N) is 5. The SMILES string of the molecule is CCN(C(=O)c1cnc(C)nc1-c1ccccc1)[C@@H](C)COc1ncc(C(C)(F)F)cn1. The van der Waals surface area contributed by atoms with Crippen molar-refractivity contribution in [3.63, 3.8) is 0 Å². The number of rotatable bonds is 8. The molecule has 0 spiro atoms. The fourth-order valence-electron chi connectivity index (χ4n) is 3.16. The Labute approximate surface area is 185 Å². The number of hydrogen-bond donors (Lipinski definition) is 0. The predicted octanol–water partition coefficient (Wildman–Crippen LogP) is 4.28. The molecule has 1 amide bonds. The summed E-state index contributed by atoms with van der Waals surface area (Å²) in [5.41, 5.74) is 1.48. The second-order valence-corrected chi connectivity index (χ2v) is 7.44. The molecule has 0 bridgehead atoms. The standard InChI is InChI=1S/C23H25F2N5O2/c1-5-30(15(2)14-32-22-27-11-18(12-28-22)23(4,24)25)21(31)19-13-26-16(3)29-20(19)17-9-7-6-8-10-17/h6-13,15H,5,14H2,1-4H3/t15-/m0/s1. The maximum Gasteiger partial charge on any atom is 0.316 e. The van der Waals surface area contributed by atoms with Crippen LogP contribution >= 0.6 is 0 Å². The minimum atomic E-state index is -3.02. The van der Waals surface area contributed by atoms with Gasteiger partial charge < -0.3 is 9.64 Å². The van der Waals surface area contributed by atoms with Crippen LogP contribution in [0.3, 0.4) is 0 Å². The number of carbonyl (C=O) groups is 1. The number of aromatic nitrogens is 4. The van der Waals surface area contributed by atoms with Crippen molar-refractivity contribution >= 4 is 5.91 Å². The molecular formula is C23H25F2N5O2. The van der Waals surface area contributed by atoms with Gasteiger partial charge in [0.25, 0.3) is 11.8 Å². The van der Waals surface area contributed by atoms with Crippen LogP contribution in [-0.4, -0.2) is 49.9 Å². The molecular weight excluding hydrogens is 416 g/mol. The second-order valence-electron chi connectivity index (χ2n) is 7.44. The van der Waals surface area contributed by atoms with Crippen molar-refractivity contribution in [3.8, 4) is 17.3 Å². The van der Waals surface area contributed by atoms with Crippen LogP contribution in [0.1, 0.15) is 42.5 Å². The first-order chi connectivity index (χ1) is 15.2. The van der Waals surface area contributed by atoms with Gasteiger partial charge in [-0.3, -0.25) is 4.79 Å². The highest BCUT2D eigenvalue weighted by Crippen LogP contribution is 2.26. The maximum atomic E-state index is 13.4. The number of alkyl halides is 2. The number of likely N-dealkylation sites (N-methyl/N-ethyl adjacent to an activating group) is 1. The first-order valence-corrected chi connectivity index (χ1v) is 10.2. The van der Waals surface area contributed by atoms with Gasteiger partial charge in [0.2, 0.25) is 0 Å². The molecule has 0 saturated carbocycles. The molecule has 2 aromatic heterocycles. The zero-order valence-corrected chi connectivity index (χ0v) is 18.4. The molecule has 3 rings (SSSR count). The molecule has 0 N–H and O–H groups in total. The van der Waals surface area contributed by atoms with Crippen molar-refractivity contribution in [2.75, 3.05) is 13.2 Å². The third-order valence-corrected chi connectivity index (χ3v) is 4.91. The average molecular weight is 441 g/mol. The van der Waals surface area contributed by atoms with Gasteiger partial charge in [-0.2, -0.15) is 0 Å². The van der Waals surface area contributed by atoms with E-state index in [4.69, 9.17) is 4.74 Å². The van der Waals surface area contributed by atoms with Crippen molar-refractivity contribution in [1.29, 1.82) is 0 Å². The van der Waals surface area contributed by atoms with Crippen LogP contribution in [0, 0.1) is 6.92 Å². The van der Waals surface area contributed by atoms with Crippen molar-refractivity contribution in [3.05, 3.63) is 65.9 Å². The lowest BCUT2D eigenvalue weighted by Crippen LogP contribution is -2.42. The highest BCUT2D eigenvalue weighted by atomic mass is 19.3. The van der Waals surface area contributed by atoms with Crippen molar-refractivity contribution in [2.45, 2.75) is 39.7 Å². The van der Waals surface area contributed by atoms with Gasteiger partial charge in [0.15, 0.2) is 0 Å². The average Bonchev–Trinajstić information content (AvgIpc) is 2.78. The lowest BCUT2D eigenvalue weighted by molar-refractivity contribution is 0.0165. The van der Waals surface area contributed by atoms with Gasteiger partial charge in [0.1, 0.15) is 12.4 Å². The highest BCUT2D eigenvalue weighted by molar-refractivity contribution is 5.99. The van der Waals surface area contributed by atoms with E-state index in [1.165, 1.54) is 6.20 Å². The van der Waals surface area contributed by atoms with Crippen LogP contribution in [0.5, 0.6) is 6.01 Å². The molecule has 168 valence electrons. The Morgan fingerprint density at radius 3 is 2.38 bits per heavy atom. The van der Waals surface area contributed by atoms with Crippen LogP contribution in [0.2, 0.25) is 0 Å². The van der Waals surface area contributed by atoms with E-state index in [1.807, 2.05) is 44.2 Å². The zero-order chi connectivity index (χ0) is 23.3. The zero-order valence-electron chi connectivity index (χ0n) is 18.4. The molecule has 2 heterocycles. The quantitative estimate of drug-likeness (QED) is 0.519. The van der Waals surface area contributed by atoms with Crippen molar-refractivity contribution in [1.82, 2.24) is 24.8 Å². The Morgan fingerprint density at radius 2 is 1.78 bits per heavy atom. The van der Waals surface area contributed by atoms with E-state index < -0.39 is 5.92 Å². The Balaban J connectivity index is 1.76. The summed E-state index contributed by atoms with van der Waals surface area (Å²) in [6.45, 7) is 6.75. The van der Waals surface area contributed by atoms with Crippen LogP contribution in [-0.2, 0) is 5.92 Å². The third-order valence-electron chi connectivity index (χ3n) is 4.91. The summed E-state index contributed by atoms with van der Waals surface area (Å²) < 4.78 is 32.2. The first kappa shape index (κ1) is 23.2. The monoisotopic (exact) mass is 441 g/mol. The fraction of sp³-hybridized carbons (Fsp3) is 0.348. The number of ether oxygens (including phenoxy) is 1. The van der Waals surface area contributed by atoms with E-state index in [-0.39, 0.29) is 30.1 Å². The summed E-state index contributed by atoms with van der Waals surface area (Å²) in [5.74, 6) is -2.69. The number of amides is 1. The van der Waals surface area contributed by atoms with E-state index in [1.54, 1.807) is 11.8 Å². The second kappa shape index (κ2) is 9.76. The van der Waals surface area contributed by atoms with E-state index in [0.717, 1.165) is 24.9 Å². The first-order valence-electron chi connectivity index (χ1n) is 10.2.